The molecule has 1 aromatic rings. The number of nitrogens with two attached hydrogens (primary N) is 1. The average Bonchev–Trinajstić information content (AvgIpc) is 3.10. The number of nitrogens with zero attached hydrogens (tertiary/aromatic N) is 2. The Kier molecular flexibility index (Phi) is 4.18. The summed E-state index contributed by atoms with van der Waals surface area (Å²) in [5, 5.41) is 2.18. The van der Waals surface area contributed by atoms with Gasteiger partial charge in [-0.05, 0) is 63.7 Å². The molecular formula is C16H27N3S. The lowest BCUT2D eigenvalue weighted by Gasteiger charge is -2.51. The first-order valence-electron chi connectivity index (χ1n) is 7.83. The minimum absolute atomic E-state index is 0.226. The Labute approximate surface area is 126 Å². The quantitative estimate of drug-likeness (QED) is 0.902. The predicted molar refractivity (Wildman–Crippen MR) is 86.2 cm³/mol. The van der Waals surface area contributed by atoms with Gasteiger partial charge < -0.3 is 10.6 Å². The van der Waals surface area contributed by atoms with Gasteiger partial charge in [0.1, 0.15) is 0 Å². The van der Waals surface area contributed by atoms with Crippen LogP contribution < -0.4 is 5.73 Å². The second-order valence-electron chi connectivity index (χ2n) is 6.59. The van der Waals surface area contributed by atoms with E-state index in [1.165, 1.54) is 37.4 Å². The van der Waals surface area contributed by atoms with Gasteiger partial charge >= 0.3 is 0 Å². The summed E-state index contributed by atoms with van der Waals surface area (Å²) >= 11 is 1.87. The monoisotopic (exact) mass is 293 g/mol. The summed E-state index contributed by atoms with van der Waals surface area (Å²) < 4.78 is 0. The first-order chi connectivity index (χ1) is 9.65. The van der Waals surface area contributed by atoms with E-state index in [0.29, 0.717) is 6.04 Å². The molecule has 2 bridgehead atoms. The number of hydrogen-bond acceptors (Lipinski definition) is 4. The molecule has 3 heterocycles. The van der Waals surface area contributed by atoms with Crippen LogP contribution in [-0.4, -0.2) is 54.6 Å². The molecule has 0 saturated carbocycles. The summed E-state index contributed by atoms with van der Waals surface area (Å²) in [5.41, 5.74) is 6.50. The zero-order chi connectivity index (χ0) is 14.2. The van der Waals surface area contributed by atoms with Crippen molar-refractivity contribution in [3.05, 3.63) is 22.4 Å². The van der Waals surface area contributed by atoms with E-state index >= 15 is 0 Å². The zero-order valence-electron chi connectivity index (χ0n) is 12.7. The predicted octanol–water partition coefficient (Wildman–Crippen LogP) is 2.03. The third-order valence-corrected chi connectivity index (χ3v) is 6.59. The molecule has 2 N–H and O–H groups in total. The lowest BCUT2D eigenvalue weighted by atomic mass is 9.76. The van der Waals surface area contributed by atoms with Gasteiger partial charge in [-0.15, -0.1) is 11.3 Å². The molecule has 1 aromatic heterocycles. The maximum Gasteiger partial charge on any atom is 0.0384 e. The third kappa shape index (κ3) is 2.43. The van der Waals surface area contributed by atoms with Crippen molar-refractivity contribution >= 4 is 11.3 Å². The molecule has 0 radical (unpaired) electrons. The second kappa shape index (κ2) is 5.76. The van der Waals surface area contributed by atoms with E-state index in [-0.39, 0.29) is 5.54 Å². The molecule has 2 aliphatic heterocycles. The fourth-order valence-electron chi connectivity index (χ4n) is 4.20. The van der Waals surface area contributed by atoms with Gasteiger partial charge in [0.25, 0.3) is 0 Å². The molecular weight excluding hydrogens is 266 g/mol. The zero-order valence-corrected chi connectivity index (χ0v) is 13.5. The fourth-order valence-corrected chi connectivity index (χ4v) is 5.03. The highest BCUT2D eigenvalue weighted by atomic mass is 32.1. The first kappa shape index (κ1) is 14.5. The molecule has 4 unspecified atom stereocenters. The second-order valence-corrected chi connectivity index (χ2v) is 7.62. The van der Waals surface area contributed by atoms with E-state index in [4.69, 9.17) is 5.73 Å². The lowest BCUT2D eigenvalue weighted by Crippen LogP contribution is -2.63. The van der Waals surface area contributed by atoms with E-state index in [9.17, 15) is 0 Å². The molecule has 2 fully saturated rings. The SMILES string of the molecule is CC(Cc1cccs1)N(C)C1(CN)CCN2CCC1C2. The molecule has 3 rings (SSSR count). The number of likely N-dealkylation sites (N-methyl/N-ethyl adjacent to an activating group) is 1. The highest BCUT2D eigenvalue weighted by molar-refractivity contribution is 7.09. The number of rotatable bonds is 5. The van der Waals surface area contributed by atoms with Gasteiger partial charge in [-0.2, -0.15) is 0 Å². The molecule has 0 spiro atoms. The summed E-state index contributed by atoms with van der Waals surface area (Å²) in [6.45, 7) is 6.92. The third-order valence-electron chi connectivity index (χ3n) is 5.69. The number of hydrogen-bond donors (Lipinski definition) is 1. The molecule has 4 atom stereocenters. The van der Waals surface area contributed by atoms with Crippen molar-refractivity contribution in [1.82, 2.24) is 9.80 Å². The van der Waals surface area contributed by atoms with Crippen LogP contribution in [0.15, 0.2) is 17.5 Å². The maximum absolute atomic E-state index is 6.28. The van der Waals surface area contributed by atoms with Gasteiger partial charge in [0.2, 0.25) is 0 Å². The van der Waals surface area contributed by atoms with Crippen molar-refractivity contribution in [2.75, 3.05) is 33.2 Å². The first-order valence-corrected chi connectivity index (χ1v) is 8.71. The Bertz CT molecular complexity index is 433. The summed E-state index contributed by atoms with van der Waals surface area (Å²) in [7, 11) is 2.30. The molecule has 0 aromatic carbocycles. The Morgan fingerprint density at radius 1 is 1.55 bits per heavy atom. The van der Waals surface area contributed by atoms with Crippen molar-refractivity contribution in [3.8, 4) is 0 Å². The minimum Gasteiger partial charge on any atom is -0.329 e. The van der Waals surface area contributed by atoms with Crippen LogP contribution in [0.2, 0.25) is 0 Å². The van der Waals surface area contributed by atoms with Crippen LogP contribution in [0, 0.1) is 5.92 Å². The standard InChI is InChI=1S/C16H27N3S/c1-13(10-15-4-3-9-20-15)18(2)16(12-17)6-8-19-7-5-14(16)11-19/h3-4,9,13-14H,5-8,10-12,17H2,1-2H3. The van der Waals surface area contributed by atoms with Crippen LogP contribution in [0.1, 0.15) is 24.6 Å². The smallest absolute Gasteiger partial charge is 0.0384 e. The molecule has 0 aliphatic carbocycles. The van der Waals surface area contributed by atoms with Crippen molar-refractivity contribution in [3.63, 3.8) is 0 Å². The van der Waals surface area contributed by atoms with Gasteiger partial charge in [-0.25, -0.2) is 0 Å². The summed E-state index contributed by atoms with van der Waals surface area (Å²) in [6, 6.07) is 4.97. The van der Waals surface area contributed by atoms with E-state index < -0.39 is 0 Å². The largest absolute Gasteiger partial charge is 0.329 e. The molecule has 112 valence electrons. The highest BCUT2D eigenvalue weighted by Gasteiger charge is 2.48. The van der Waals surface area contributed by atoms with Gasteiger partial charge in [-0.3, -0.25) is 4.90 Å². The van der Waals surface area contributed by atoms with Gasteiger partial charge in [-0.1, -0.05) is 6.07 Å². The van der Waals surface area contributed by atoms with Crippen LogP contribution >= 0.6 is 11.3 Å². The fraction of sp³-hybridized carbons (Fsp3) is 0.750. The van der Waals surface area contributed by atoms with E-state index in [0.717, 1.165) is 18.9 Å². The van der Waals surface area contributed by atoms with E-state index in [1.54, 1.807) is 0 Å². The van der Waals surface area contributed by atoms with Crippen LogP contribution in [0.3, 0.4) is 0 Å². The molecule has 4 heteroatoms. The van der Waals surface area contributed by atoms with E-state index in [2.05, 4.69) is 41.3 Å². The Hall–Kier alpha value is -0.420. The lowest BCUT2D eigenvalue weighted by molar-refractivity contribution is 0.00251. The minimum atomic E-state index is 0.226. The summed E-state index contributed by atoms with van der Waals surface area (Å²) in [6.07, 6.45) is 3.71. The van der Waals surface area contributed by atoms with Crippen LogP contribution in [0.25, 0.3) is 0 Å². The topological polar surface area (TPSA) is 32.5 Å². The molecule has 3 nitrogen and oxygen atoms in total. The maximum atomic E-state index is 6.28. The van der Waals surface area contributed by atoms with Crippen LogP contribution in [0.4, 0.5) is 0 Å². The van der Waals surface area contributed by atoms with Crippen molar-refractivity contribution in [1.29, 1.82) is 0 Å². The van der Waals surface area contributed by atoms with Gasteiger partial charge in [0.15, 0.2) is 0 Å². The molecule has 2 aliphatic rings. The van der Waals surface area contributed by atoms with Crippen LogP contribution in [-0.2, 0) is 6.42 Å². The number of fused-ring (bicyclic) bond motifs is 2. The Morgan fingerprint density at radius 2 is 2.40 bits per heavy atom. The van der Waals surface area contributed by atoms with Crippen molar-refractivity contribution < 1.29 is 0 Å². The number of thiophene rings is 1. The van der Waals surface area contributed by atoms with Crippen molar-refractivity contribution in [2.24, 2.45) is 11.7 Å². The normalized spacial score (nSPS) is 34.6. The Morgan fingerprint density at radius 3 is 3.10 bits per heavy atom. The molecule has 2 saturated heterocycles. The molecule has 20 heavy (non-hydrogen) atoms. The average molecular weight is 293 g/mol. The Balaban J connectivity index is 1.74. The van der Waals surface area contributed by atoms with Gasteiger partial charge in [0.05, 0.1) is 0 Å². The number of piperidine rings is 1. The van der Waals surface area contributed by atoms with Crippen LogP contribution in [0.5, 0.6) is 0 Å². The van der Waals surface area contributed by atoms with Gasteiger partial charge in [0, 0.05) is 29.5 Å². The van der Waals surface area contributed by atoms with E-state index in [1.807, 2.05) is 11.3 Å². The van der Waals surface area contributed by atoms with Crippen molar-refractivity contribution in [2.45, 2.75) is 37.8 Å². The summed E-state index contributed by atoms with van der Waals surface area (Å²) in [5.74, 6) is 0.761. The summed E-state index contributed by atoms with van der Waals surface area (Å²) in [4.78, 5) is 6.71. The highest BCUT2D eigenvalue weighted by Crippen LogP contribution is 2.40. The molecule has 0 amide bonds.